The normalized spacial score (nSPS) is 18.5. The molecular formula is C40H41N3O2. The Morgan fingerprint density at radius 2 is 1.51 bits per heavy atom. The summed E-state index contributed by atoms with van der Waals surface area (Å²) < 4.78 is 0. The average Bonchev–Trinajstić information content (AvgIpc) is 3.04. The van der Waals surface area contributed by atoms with Crippen molar-refractivity contribution in [2.75, 3.05) is 22.1 Å². The molecule has 45 heavy (non-hydrogen) atoms. The number of rotatable bonds is 8. The van der Waals surface area contributed by atoms with Crippen LogP contribution >= 0.6 is 0 Å². The summed E-state index contributed by atoms with van der Waals surface area (Å²) in [6.45, 7) is 9.47. The fourth-order valence-electron chi connectivity index (χ4n) is 7.07. The highest BCUT2D eigenvalue weighted by Crippen LogP contribution is 2.48. The van der Waals surface area contributed by atoms with Crippen LogP contribution in [0.3, 0.4) is 0 Å². The second-order valence-corrected chi connectivity index (χ2v) is 12.8. The standard InChI is InChI=1S/C40H41N3O2/c1-28-21-22-40(29(2)44,39(3,4)26-28)43-23-11-16-34-24-36(35(25-37(34)43)41-27-30-12-7-5-8-13-30)42-38(45)33-19-17-32(18-20-33)31-14-9-6-10-15-31/h5-10,12-15,17-22,24-26,41H,11,16,23,27H2,1-4H3,(H,42,45). The molecule has 0 saturated carbocycles. The van der Waals surface area contributed by atoms with Gasteiger partial charge in [0.1, 0.15) is 5.54 Å². The molecule has 2 aliphatic rings. The van der Waals surface area contributed by atoms with Gasteiger partial charge in [-0.05, 0) is 73.2 Å². The van der Waals surface area contributed by atoms with Crippen molar-refractivity contribution in [2.24, 2.45) is 5.41 Å². The van der Waals surface area contributed by atoms with Crippen molar-refractivity contribution in [2.45, 2.75) is 52.6 Å². The van der Waals surface area contributed by atoms with Crippen LogP contribution in [0.1, 0.15) is 55.6 Å². The molecule has 1 heterocycles. The number of carbonyl (C=O) groups excluding carboxylic acids is 2. The fraction of sp³-hybridized carbons (Fsp3) is 0.250. The topological polar surface area (TPSA) is 61.4 Å². The molecule has 5 nitrogen and oxygen atoms in total. The average molecular weight is 596 g/mol. The molecule has 1 unspecified atom stereocenters. The highest BCUT2D eigenvalue weighted by molar-refractivity contribution is 6.06. The third kappa shape index (κ3) is 5.83. The van der Waals surface area contributed by atoms with Gasteiger partial charge in [-0.25, -0.2) is 0 Å². The monoisotopic (exact) mass is 595 g/mol. The highest BCUT2D eigenvalue weighted by Gasteiger charge is 2.52. The number of aryl methyl sites for hydroxylation is 1. The van der Waals surface area contributed by atoms with Crippen LogP contribution in [0.4, 0.5) is 17.1 Å². The number of benzene rings is 4. The SMILES string of the molecule is CC(=O)C1(N2CCCc3cc(NC(=O)c4ccc(-c5ccccc5)cc4)c(NCc4ccccc4)cc32)C=CC(C)=CC1(C)C. The van der Waals surface area contributed by atoms with Crippen molar-refractivity contribution >= 4 is 28.8 Å². The number of fused-ring (bicyclic) bond motifs is 1. The van der Waals surface area contributed by atoms with Gasteiger partial charge in [0, 0.05) is 29.8 Å². The Kier molecular flexibility index (Phi) is 8.20. The highest BCUT2D eigenvalue weighted by atomic mass is 16.1. The summed E-state index contributed by atoms with van der Waals surface area (Å²) in [5.41, 5.74) is 7.54. The van der Waals surface area contributed by atoms with Crippen LogP contribution in [0.25, 0.3) is 11.1 Å². The van der Waals surface area contributed by atoms with E-state index in [4.69, 9.17) is 0 Å². The van der Waals surface area contributed by atoms with Gasteiger partial charge >= 0.3 is 0 Å². The van der Waals surface area contributed by atoms with Gasteiger partial charge in [0.15, 0.2) is 5.78 Å². The molecule has 228 valence electrons. The van der Waals surface area contributed by atoms with Crippen LogP contribution in [0.15, 0.2) is 121 Å². The predicted octanol–water partition coefficient (Wildman–Crippen LogP) is 8.84. The Morgan fingerprint density at radius 3 is 2.18 bits per heavy atom. The van der Waals surface area contributed by atoms with E-state index < -0.39 is 11.0 Å². The maximum absolute atomic E-state index is 13.6. The minimum Gasteiger partial charge on any atom is -0.379 e. The van der Waals surface area contributed by atoms with Crippen molar-refractivity contribution in [3.8, 4) is 11.1 Å². The zero-order valence-electron chi connectivity index (χ0n) is 26.6. The molecule has 0 radical (unpaired) electrons. The number of hydrogen-bond donors (Lipinski definition) is 2. The number of anilines is 3. The first kappa shape index (κ1) is 30.1. The Morgan fingerprint density at radius 1 is 0.844 bits per heavy atom. The van der Waals surface area contributed by atoms with Crippen LogP contribution in [-0.2, 0) is 17.8 Å². The number of ketones is 1. The van der Waals surface area contributed by atoms with Crippen molar-refractivity contribution in [1.82, 2.24) is 0 Å². The molecule has 1 aliphatic heterocycles. The van der Waals surface area contributed by atoms with Gasteiger partial charge < -0.3 is 15.5 Å². The lowest BCUT2D eigenvalue weighted by molar-refractivity contribution is -0.123. The zero-order chi connectivity index (χ0) is 31.6. The summed E-state index contributed by atoms with van der Waals surface area (Å²) in [5, 5.41) is 6.81. The van der Waals surface area contributed by atoms with Crippen molar-refractivity contribution in [1.29, 1.82) is 0 Å². The van der Waals surface area contributed by atoms with E-state index in [0.717, 1.165) is 64.3 Å². The van der Waals surface area contributed by atoms with E-state index in [9.17, 15) is 9.59 Å². The number of hydrogen-bond acceptors (Lipinski definition) is 4. The Labute approximate surface area is 266 Å². The number of nitrogens with one attached hydrogen (secondary N) is 2. The van der Waals surface area contributed by atoms with Crippen LogP contribution < -0.4 is 15.5 Å². The third-order valence-corrected chi connectivity index (χ3v) is 9.29. The molecule has 5 heteroatoms. The van der Waals surface area contributed by atoms with E-state index in [-0.39, 0.29) is 11.7 Å². The molecule has 4 aromatic rings. The van der Waals surface area contributed by atoms with Gasteiger partial charge in [-0.15, -0.1) is 0 Å². The number of carbonyl (C=O) groups is 2. The second kappa shape index (κ2) is 12.2. The largest absolute Gasteiger partial charge is 0.379 e. The van der Waals surface area contributed by atoms with E-state index in [1.54, 1.807) is 6.92 Å². The third-order valence-electron chi connectivity index (χ3n) is 9.29. The van der Waals surface area contributed by atoms with E-state index >= 15 is 0 Å². The smallest absolute Gasteiger partial charge is 0.255 e. The fourth-order valence-corrected chi connectivity index (χ4v) is 7.07. The van der Waals surface area contributed by atoms with Gasteiger partial charge in [-0.2, -0.15) is 0 Å². The number of amides is 1. The van der Waals surface area contributed by atoms with Crippen molar-refractivity contribution in [3.63, 3.8) is 0 Å². The van der Waals surface area contributed by atoms with E-state index in [2.05, 4.69) is 90.9 Å². The summed E-state index contributed by atoms with van der Waals surface area (Å²) in [4.78, 5) is 29.6. The maximum atomic E-state index is 13.6. The summed E-state index contributed by atoms with van der Waals surface area (Å²) in [5.74, 6) is -0.0439. The number of allylic oxidation sites excluding steroid dienone is 2. The van der Waals surface area contributed by atoms with Crippen molar-refractivity contribution < 1.29 is 9.59 Å². The molecule has 1 aliphatic carbocycles. The van der Waals surface area contributed by atoms with Crippen LogP contribution in [0.5, 0.6) is 0 Å². The molecule has 0 fully saturated rings. The Balaban J connectivity index is 1.37. The van der Waals surface area contributed by atoms with Gasteiger partial charge in [0.25, 0.3) is 5.91 Å². The molecular weight excluding hydrogens is 554 g/mol. The lowest BCUT2D eigenvalue weighted by atomic mass is 9.64. The zero-order valence-corrected chi connectivity index (χ0v) is 26.6. The van der Waals surface area contributed by atoms with Crippen LogP contribution in [-0.4, -0.2) is 23.8 Å². The molecule has 0 saturated heterocycles. The quantitative estimate of drug-likeness (QED) is 0.214. The van der Waals surface area contributed by atoms with E-state index in [0.29, 0.717) is 12.1 Å². The molecule has 4 aromatic carbocycles. The lowest BCUT2D eigenvalue weighted by Gasteiger charge is -2.53. The Hall–Kier alpha value is -4.90. The van der Waals surface area contributed by atoms with Gasteiger partial charge in [-0.3, -0.25) is 9.59 Å². The van der Waals surface area contributed by atoms with Crippen LogP contribution in [0, 0.1) is 5.41 Å². The molecule has 0 spiro atoms. The summed E-state index contributed by atoms with van der Waals surface area (Å²) in [6.07, 6.45) is 8.18. The van der Waals surface area contributed by atoms with Crippen molar-refractivity contribution in [3.05, 3.63) is 138 Å². The second-order valence-electron chi connectivity index (χ2n) is 12.8. The first-order valence-electron chi connectivity index (χ1n) is 15.8. The minimum absolute atomic E-state index is 0.121. The first-order valence-corrected chi connectivity index (χ1v) is 15.8. The molecule has 0 bridgehead atoms. The number of nitrogens with zero attached hydrogens (tertiary/aromatic N) is 1. The summed E-state index contributed by atoms with van der Waals surface area (Å²) in [7, 11) is 0. The maximum Gasteiger partial charge on any atom is 0.255 e. The molecule has 1 amide bonds. The molecule has 2 N–H and O–H groups in total. The molecule has 1 atom stereocenters. The Bertz CT molecular complexity index is 1770. The van der Waals surface area contributed by atoms with Crippen LogP contribution in [0.2, 0.25) is 0 Å². The number of Topliss-reactive ketones (excluding diaryl/α,β-unsaturated/α-hetero) is 1. The predicted molar refractivity (Wildman–Crippen MR) is 186 cm³/mol. The molecule has 0 aromatic heterocycles. The van der Waals surface area contributed by atoms with Gasteiger partial charge in [0.2, 0.25) is 0 Å². The molecule has 6 rings (SSSR count). The summed E-state index contributed by atoms with van der Waals surface area (Å²) in [6, 6.07) is 32.3. The first-order chi connectivity index (χ1) is 21.7. The lowest BCUT2D eigenvalue weighted by Crippen LogP contribution is -2.63. The van der Waals surface area contributed by atoms with E-state index in [1.807, 2.05) is 60.7 Å². The van der Waals surface area contributed by atoms with Gasteiger partial charge in [0.05, 0.1) is 11.4 Å². The summed E-state index contributed by atoms with van der Waals surface area (Å²) >= 11 is 0. The minimum atomic E-state index is -0.816. The van der Waals surface area contributed by atoms with E-state index in [1.165, 1.54) is 0 Å². The van der Waals surface area contributed by atoms with Gasteiger partial charge in [-0.1, -0.05) is 110 Å².